The van der Waals surface area contributed by atoms with Crippen LogP contribution in [0.3, 0.4) is 0 Å². The number of benzene rings is 2. The van der Waals surface area contributed by atoms with E-state index in [4.69, 9.17) is 14.2 Å². The molecule has 1 heterocycles. The van der Waals surface area contributed by atoms with Crippen molar-refractivity contribution in [2.75, 3.05) is 19.8 Å². The van der Waals surface area contributed by atoms with Crippen LogP contribution in [-0.4, -0.2) is 47.7 Å². The molecule has 1 aliphatic heterocycles. The van der Waals surface area contributed by atoms with Crippen LogP contribution in [0.5, 0.6) is 11.5 Å². The molecule has 2 aromatic rings. The van der Waals surface area contributed by atoms with E-state index in [9.17, 15) is 9.59 Å². The molecule has 0 aromatic heterocycles. The molecule has 0 aliphatic carbocycles. The standard InChI is InChI=1S/C26H33NO5/c1-6-30-21-11-7-10-20-19(21)9-8-12-22(20)32-26(4,5)16-18-31-25(2,3)15-17-27-23(28)13-14-24(27)29/h7-14H,6,15-18H2,1-5H3. The summed E-state index contributed by atoms with van der Waals surface area (Å²) in [6.45, 7) is 11.5. The number of carbonyl (C=O) groups is 2. The van der Waals surface area contributed by atoms with Crippen molar-refractivity contribution in [1.29, 1.82) is 0 Å². The summed E-state index contributed by atoms with van der Waals surface area (Å²) in [6, 6.07) is 12.0. The van der Waals surface area contributed by atoms with Crippen molar-refractivity contribution in [3.8, 4) is 11.5 Å². The van der Waals surface area contributed by atoms with E-state index in [1.54, 1.807) is 0 Å². The summed E-state index contributed by atoms with van der Waals surface area (Å²) in [4.78, 5) is 24.7. The highest BCUT2D eigenvalue weighted by molar-refractivity contribution is 6.12. The summed E-state index contributed by atoms with van der Waals surface area (Å²) < 4.78 is 18.2. The molecule has 0 spiro atoms. The molecule has 6 nitrogen and oxygen atoms in total. The van der Waals surface area contributed by atoms with Gasteiger partial charge in [0.1, 0.15) is 17.1 Å². The summed E-state index contributed by atoms with van der Waals surface area (Å²) >= 11 is 0. The molecule has 0 bridgehead atoms. The van der Waals surface area contributed by atoms with Gasteiger partial charge in [0, 0.05) is 35.9 Å². The van der Waals surface area contributed by atoms with Gasteiger partial charge < -0.3 is 14.2 Å². The van der Waals surface area contributed by atoms with E-state index in [1.165, 1.54) is 17.1 Å². The van der Waals surface area contributed by atoms with Crippen LogP contribution in [0.15, 0.2) is 48.6 Å². The molecule has 0 saturated carbocycles. The van der Waals surface area contributed by atoms with Crippen LogP contribution in [0.4, 0.5) is 0 Å². The summed E-state index contributed by atoms with van der Waals surface area (Å²) in [7, 11) is 0. The van der Waals surface area contributed by atoms with Gasteiger partial charge in [-0.15, -0.1) is 0 Å². The first-order valence-electron chi connectivity index (χ1n) is 11.1. The number of ether oxygens (including phenoxy) is 3. The number of fused-ring (bicyclic) bond motifs is 1. The molecule has 1 aliphatic rings. The lowest BCUT2D eigenvalue weighted by atomic mass is 10.0. The van der Waals surface area contributed by atoms with E-state index in [1.807, 2.05) is 71.0 Å². The number of amides is 2. The van der Waals surface area contributed by atoms with Crippen LogP contribution in [-0.2, 0) is 14.3 Å². The van der Waals surface area contributed by atoms with Crippen molar-refractivity contribution in [3.05, 3.63) is 48.6 Å². The summed E-state index contributed by atoms with van der Waals surface area (Å²) in [5.41, 5.74) is -0.915. The van der Waals surface area contributed by atoms with Gasteiger partial charge in [-0.3, -0.25) is 14.5 Å². The van der Waals surface area contributed by atoms with E-state index in [0.717, 1.165) is 22.3 Å². The van der Waals surface area contributed by atoms with Gasteiger partial charge in [-0.2, -0.15) is 0 Å². The molecule has 0 saturated heterocycles. The third-order valence-corrected chi connectivity index (χ3v) is 5.56. The third kappa shape index (κ3) is 5.88. The molecule has 6 heteroatoms. The molecular formula is C26H33NO5. The normalized spacial score (nSPS) is 14.5. The first-order chi connectivity index (χ1) is 15.1. The molecule has 2 amide bonds. The first kappa shape index (κ1) is 23.8. The van der Waals surface area contributed by atoms with Gasteiger partial charge >= 0.3 is 0 Å². The van der Waals surface area contributed by atoms with Gasteiger partial charge in [-0.1, -0.05) is 24.3 Å². The molecule has 32 heavy (non-hydrogen) atoms. The lowest BCUT2D eigenvalue weighted by Crippen LogP contribution is -2.37. The topological polar surface area (TPSA) is 65.1 Å². The lowest BCUT2D eigenvalue weighted by Gasteiger charge is -2.31. The Bertz CT molecular complexity index is 990. The van der Waals surface area contributed by atoms with Gasteiger partial charge in [0.2, 0.25) is 0 Å². The molecule has 2 aromatic carbocycles. The Kier molecular flexibility index (Phi) is 7.24. The van der Waals surface area contributed by atoms with Crippen LogP contribution in [0, 0.1) is 0 Å². The molecule has 0 N–H and O–H groups in total. The van der Waals surface area contributed by atoms with Crippen LogP contribution < -0.4 is 9.47 Å². The SMILES string of the molecule is CCOc1cccc2c(OC(C)(C)CCOC(C)(C)CCN3C(=O)C=CC3=O)cccc12. The van der Waals surface area contributed by atoms with Crippen molar-refractivity contribution in [3.63, 3.8) is 0 Å². The Balaban J connectivity index is 1.57. The molecule has 0 unspecified atom stereocenters. The number of imide groups is 1. The van der Waals surface area contributed by atoms with Gasteiger partial charge in [-0.05, 0) is 53.2 Å². The second kappa shape index (κ2) is 9.74. The summed E-state index contributed by atoms with van der Waals surface area (Å²) in [5.74, 6) is 1.14. The van der Waals surface area contributed by atoms with Crippen LogP contribution in [0.2, 0.25) is 0 Å². The van der Waals surface area contributed by atoms with Gasteiger partial charge in [0.25, 0.3) is 11.8 Å². The monoisotopic (exact) mass is 439 g/mol. The van der Waals surface area contributed by atoms with Crippen molar-refractivity contribution in [2.45, 2.75) is 58.7 Å². The zero-order valence-corrected chi connectivity index (χ0v) is 19.6. The van der Waals surface area contributed by atoms with E-state index < -0.39 is 11.2 Å². The van der Waals surface area contributed by atoms with Gasteiger partial charge in [0.15, 0.2) is 0 Å². The predicted octanol–water partition coefficient (Wildman–Crippen LogP) is 4.90. The Labute approximate surface area is 190 Å². The molecule has 0 radical (unpaired) electrons. The molecule has 172 valence electrons. The zero-order chi connectivity index (χ0) is 23.4. The van der Waals surface area contributed by atoms with E-state index in [-0.39, 0.29) is 11.8 Å². The quantitative estimate of drug-likeness (QED) is 0.466. The molecule has 0 atom stereocenters. The maximum Gasteiger partial charge on any atom is 0.253 e. The van der Waals surface area contributed by atoms with Crippen LogP contribution in [0.1, 0.15) is 47.5 Å². The largest absolute Gasteiger partial charge is 0.493 e. The number of hydrogen-bond acceptors (Lipinski definition) is 5. The number of nitrogens with zero attached hydrogens (tertiary/aromatic N) is 1. The Hall–Kier alpha value is -2.86. The molecule has 3 rings (SSSR count). The fraction of sp³-hybridized carbons (Fsp3) is 0.462. The van der Waals surface area contributed by atoms with Gasteiger partial charge in [-0.25, -0.2) is 0 Å². The minimum atomic E-state index is -0.467. The highest BCUT2D eigenvalue weighted by Crippen LogP contribution is 2.34. The lowest BCUT2D eigenvalue weighted by molar-refractivity contribution is -0.137. The fourth-order valence-corrected chi connectivity index (χ4v) is 3.65. The van der Waals surface area contributed by atoms with Crippen molar-refractivity contribution in [2.24, 2.45) is 0 Å². The number of carbonyl (C=O) groups excluding carboxylic acids is 2. The Morgan fingerprint density at radius 3 is 2.03 bits per heavy atom. The average Bonchev–Trinajstić information content (AvgIpc) is 3.04. The number of rotatable bonds is 11. The van der Waals surface area contributed by atoms with Crippen LogP contribution in [0.25, 0.3) is 10.8 Å². The van der Waals surface area contributed by atoms with Crippen molar-refractivity contribution >= 4 is 22.6 Å². The number of hydrogen-bond donors (Lipinski definition) is 0. The van der Waals surface area contributed by atoms with E-state index in [0.29, 0.717) is 32.6 Å². The second-order valence-electron chi connectivity index (χ2n) is 9.17. The second-order valence-corrected chi connectivity index (χ2v) is 9.17. The maximum absolute atomic E-state index is 11.7. The Morgan fingerprint density at radius 2 is 1.41 bits per heavy atom. The van der Waals surface area contributed by atoms with Gasteiger partial charge in [0.05, 0.1) is 18.8 Å². The summed E-state index contributed by atoms with van der Waals surface area (Å²) in [5, 5.41) is 2.04. The predicted molar refractivity (Wildman–Crippen MR) is 125 cm³/mol. The smallest absolute Gasteiger partial charge is 0.253 e. The maximum atomic E-state index is 11.7. The zero-order valence-electron chi connectivity index (χ0n) is 19.6. The highest BCUT2D eigenvalue weighted by Gasteiger charge is 2.28. The van der Waals surface area contributed by atoms with E-state index in [2.05, 4.69) is 0 Å². The van der Waals surface area contributed by atoms with Crippen molar-refractivity contribution in [1.82, 2.24) is 4.90 Å². The minimum absolute atomic E-state index is 0.261. The highest BCUT2D eigenvalue weighted by atomic mass is 16.5. The fourth-order valence-electron chi connectivity index (χ4n) is 3.65. The molecule has 0 fully saturated rings. The minimum Gasteiger partial charge on any atom is -0.493 e. The molecular weight excluding hydrogens is 406 g/mol. The average molecular weight is 440 g/mol. The van der Waals surface area contributed by atoms with Crippen LogP contribution >= 0.6 is 0 Å². The Morgan fingerprint density at radius 1 is 0.812 bits per heavy atom. The van der Waals surface area contributed by atoms with E-state index >= 15 is 0 Å². The third-order valence-electron chi connectivity index (χ3n) is 5.56. The van der Waals surface area contributed by atoms with Crippen molar-refractivity contribution < 1.29 is 23.8 Å². The first-order valence-corrected chi connectivity index (χ1v) is 11.1. The summed E-state index contributed by atoms with van der Waals surface area (Å²) in [6.07, 6.45) is 3.86.